The number of H-pyrrole nitrogens is 1. The van der Waals surface area contributed by atoms with Gasteiger partial charge in [-0.25, -0.2) is 18.6 Å². The molecule has 1 N–H and O–H groups in total. The number of rotatable bonds is 7. The number of halogens is 2. The van der Waals surface area contributed by atoms with E-state index in [2.05, 4.69) is 19.4 Å². The van der Waals surface area contributed by atoms with Gasteiger partial charge in [0.25, 0.3) is 12.0 Å². The molecule has 1 aromatic heterocycles. The summed E-state index contributed by atoms with van der Waals surface area (Å²) in [6, 6.07) is 0. The lowest BCUT2D eigenvalue weighted by Crippen LogP contribution is -2.22. The van der Waals surface area contributed by atoms with Gasteiger partial charge >= 0.3 is 5.97 Å². The zero-order chi connectivity index (χ0) is 14.3. The highest BCUT2D eigenvalue weighted by atomic mass is 19.3. The summed E-state index contributed by atoms with van der Waals surface area (Å²) >= 11 is 0. The lowest BCUT2D eigenvalue weighted by atomic mass is 10.3. The molecule has 0 aliphatic rings. The van der Waals surface area contributed by atoms with Crippen molar-refractivity contribution in [3.63, 3.8) is 0 Å². The molecule has 0 aliphatic heterocycles. The molecular weight excluding hydrogens is 262 g/mol. The van der Waals surface area contributed by atoms with E-state index in [9.17, 15) is 18.4 Å². The van der Waals surface area contributed by atoms with Crippen LogP contribution >= 0.6 is 0 Å². The van der Waals surface area contributed by atoms with Crippen LogP contribution in [0.1, 0.15) is 23.1 Å². The van der Waals surface area contributed by atoms with Gasteiger partial charge in [0.05, 0.1) is 13.2 Å². The molecule has 6 nitrogen and oxygen atoms in total. The molecule has 1 rings (SSSR count). The van der Waals surface area contributed by atoms with Gasteiger partial charge in [0, 0.05) is 12.6 Å². The van der Waals surface area contributed by atoms with E-state index in [1.807, 2.05) is 0 Å². The number of aromatic amines is 1. The van der Waals surface area contributed by atoms with Crippen LogP contribution in [0.15, 0.2) is 11.0 Å². The number of esters is 1. The summed E-state index contributed by atoms with van der Waals surface area (Å²) in [5.74, 6) is -0.496. The normalized spacial score (nSPS) is 10.7. The van der Waals surface area contributed by atoms with Crippen molar-refractivity contribution in [2.24, 2.45) is 0 Å². The Morgan fingerprint density at radius 2 is 2.26 bits per heavy atom. The lowest BCUT2D eigenvalue weighted by molar-refractivity contribution is 0.0182. The summed E-state index contributed by atoms with van der Waals surface area (Å²) in [5.41, 5.74) is -0.823. The number of carbonyl (C=O) groups is 1. The van der Waals surface area contributed by atoms with E-state index in [0.717, 1.165) is 6.20 Å². The van der Waals surface area contributed by atoms with Crippen LogP contribution in [0.25, 0.3) is 0 Å². The number of alkyl halides is 2. The number of hydrogen-bond acceptors (Lipinski definition) is 5. The Labute approximate surface area is 107 Å². The maximum atomic E-state index is 11.8. The molecule has 1 aromatic rings. The molecule has 0 saturated carbocycles. The minimum atomic E-state index is -2.53. The van der Waals surface area contributed by atoms with Crippen LogP contribution in [-0.4, -0.2) is 42.2 Å². The standard InChI is InChI=1S/C11H14F2N2O4/c1-2-19-11(17)7-5-14-9(15-10(7)16)3-4-18-6-8(12)13/h5,8H,2-4,6H2,1H3,(H,14,15,16). The molecule has 19 heavy (non-hydrogen) atoms. The quantitative estimate of drug-likeness (QED) is 0.587. The average molecular weight is 276 g/mol. The zero-order valence-electron chi connectivity index (χ0n) is 10.3. The Morgan fingerprint density at radius 3 is 2.84 bits per heavy atom. The Kier molecular flexibility index (Phi) is 6.07. The van der Waals surface area contributed by atoms with Crippen molar-refractivity contribution in [1.29, 1.82) is 0 Å². The molecule has 0 bridgehead atoms. The van der Waals surface area contributed by atoms with Gasteiger partial charge in [0.2, 0.25) is 0 Å². The Balaban J connectivity index is 2.57. The first-order valence-electron chi connectivity index (χ1n) is 5.65. The summed E-state index contributed by atoms with van der Waals surface area (Å²) in [4.78, 5) is 29.1. The van der Waals surface area contributed by atoms with Gasteiger partial charge in [-0.15, -0.1) is 0 Å². The molecule has 1 heterocycles. The van der Waals surface area contributed by atoms with Crippen molar-refractivity contribution in [3.8, 4) is 0 Å². The molecule has 106 valence electrons. The first kappa shape index (κ1) is 15.2. The smallest absolute Gasteiger partial charge is 0.345 e. The Hall–Kier alpha value is -1.83. The summed E-state index contributed by atoms with van der Waals surface area (Å²) in [5, 5.41) is 0. The number of aromatic nitrogens is 2. The number of nitrogens with one attached hydrogen (secondary N) is 1. The summed E-state index contributed by atoms with van der Waals surface area (Å²) in [7, 11) is 0. The summed E-state index contributed by atoms with van der Waals surface area (Å²) in [6.45, 7) is 1.12. The van der Waals surface area contributed by atoms with Crippen molar-refractivity contribution in [1.82, 2.24) is 9.97 Å². The molecule has 0 saturated heterocycles. The van der Waals surface area contributed by atoms with E-state index >= 15 is 0 Å². The molecule has 0 unspecified atom stereocenters. The summed E-state index contributed by atoms with van der Waals surface area (Å²) in [6.07, 6.45) is -1.26. The van der Waals surface area contributed by atoms with Crippen LogP contribution in [-0.2, 0) is 15.9 Å². The monoisotopic (exact) mass is 276 g/mol. The van der Waals surface area contributed by atoms with E-state index in [4.69, 9.17) is 0 Å². The molecule has 0 spiro atoms. The third kappa shape index (κ3) is 5.12. The van der Waals surface area contributed by atoms with Gasteiger partial charge in [-0.2, -0.15) is 0 Å². The SMILES string of the molecule is CCOC(=O)c1cnc(CCOCC(F)F)[nH]c1=O. The topological polar surface area (TPSA) is 81.3 Å². The maximum absolute atomic E-state index is 11.8. The fourth-order valence-corrected chi connectivity index (χ4v) is 1.25. The number of nitrogens with zero attached hydrogens (tertiary/aromatic N) is 1. The lowest BCUT2D eigenvalue weighted by Gasteiger charge is -2.04. The van der Waals surface area contributed by atoms with E-state index in [1.54, 1.807) is 6.92 Å². The van der Waals surface area contributed by atoms with E-state index < -0.39 is 24.6 Å². The van der Waals surface area contributed by atoms with Gasteiger partial charge < -0.3 is 14.5 Å². The highest BCUT2D eigenvalue weighted by Gasteiger charge is 2.12. The molecule has 8 heteroatoms. The number of ether oxygens (including phenoxy) is 2. The van der Waals surface area contributed by atoms with Crippen LogP contribution in [0, 0.1) is 0 Å². The van der Waals surface area contributed by atoms with Gasteiger partial charge in [0.15, 0.2) is 0 Å². The van der Waals surface area contributed by atoms with Crippen molar-refractivity contribution < 1.29 is 23.0 Å². The van der Waals surface area contributed by atoms with E-state index in [-0.39, 0.29) is 31.0 Å². The second-order valence-electron chi connectivity index (χ2n) is 3.51. The molecule has 0 fully saturated rings. The zero-order valence-corrected chi connectivity index (χ0v) is 10.3. The van der Waals surface area contributed by atoms with Crippen molar-refractivity contribution >= 4 is 5.97 Å². The molecule has 0 radical (unpaired) electrons. The number of carbonyl (C=O) groups excluding carboxylic acids is 1. The second kappa shape index (κ2) is 7.57. The Morgan fingerprint density at radius 1 is 1.53 bits per heavy atom. The molecule has 0 aliphatic carbocycles. The van der Waals surface area contributed by atoms with Crippen LogP contribution in [0.4, 0.5) is 8.78 Å². The first-order valence-corrected chi connectivity index (χ1v) is 5.65. The molecular formula is C11H14F2N2O4. The average Bonchev–Trinajstić information content (AvgIpc) is 2.34. The van der Waals surface area contributed by atoms with Crippen molar-refractivity contribution in [2.75, 3.05) is 19.8 Å². The second-order valence-corrected chi connectivity index (χ2v) is 3.51. The van der Waals surface area contributed by atoms with E-state index in [0.29, 0.717) is 0 Å². The van der Waals surface area contributed by atoms with Crippen LogP contribution in [0.2, 0.25) is 0 Å². The molecule has 0 amide bonds. The minimum Gasteiger partial charge on any atom is -0.462 e. The largest absolute Gasteiger partial charge is 0.462 e. The third-order valence-corrected chi connectivity index (χ3v) is 2.07. The Bertz CT molecular complexity index is 476. The summed E-state index contributed by atoms with van der Waals surface area (Å²) < 4.78 is 32.9. The highest BCUT2D eigenvalue weighted by molar-refractivity contribution is 5.88. The van der Waals surface area contributed by atoms with Gasteiger partial charge in [-0.05, 0) is 6.92 Å². The predicted molar refractivity (Wildman–Crippen MR) is 61.3 cm³/mol. The first-order chi connectivity index (χ1) is 9.04. The molecule has 0 aromatic carbocycles. The predicted octanol–water partition coefficient (Wildman–Crippen LogP) is 0.771. The number of hydrogen-bond donors (Lipinski definition) is 1. The fraction of sp³-hybridized carbons (Fsp3) is 0.545. The van der Waals surface area contributed by atoms with Crippen molar-refractivity contribution in [3.05, 3.63) is 27.9 Å². The van der Waals surface area contributed by atoms with Gasteiger partial charge in [-0.3, -0.25) is 4.79 Å². The third-order valence-electron chi connectivity index (χ3n) is 2.07. The van der Waals surface area contributed by atoms with Gasteiger partial charge in [-0.1, -0.05) is 0 Å². The molecule has 0 atom stereocenters. The minimum absolute atomic E-state index is 0.00599. The van der Waals surface area contributed by atoms with Crippen molar-refractivity contribution in [2.45, 2.75) is 19.8 Å². The van der Waals surface area contributed by atoms with Crippen LogP contribution in [0.3, 0.4) is 0 Å². The van der Waals surface area contributed by atoms with Gasteiger partial charge in [0.1, 0.15) is 18.0 Å². The van der Waals surface area contributed by atoms with E-state index in [1.165, 1.54) is 0 Å². The fourth-order valence-electron chi connectivity index (χ4n) is 1.25. The maximum Gasteiger partial charge on any atom is 0.345 e. The van der Waals surface area contributed by atoms with Crippen LogP contribution < -0.4 is 5.56 Å². The van der Waals surface area contributed by atoms with Crippen LogP contribution in [0.5, 0.6) is 0 Å². The highest BCUT2D eigenvalue weighted by Crippen LogP contribution is 1.97.